The molecule has 0 fully saturated rings. The molecule has 0 aliphatic rings. The lowest BCUT2D eigenvalue weighted by Gasteiger charge is -2.19. The highest BCUT2D eigenvalue weighted by molar-refractivity contribution is 7.92. The van der Waals surface area contributed by atoms with Crippen LogP contribution < -0.4 is 0 Å². The van der Waals surface area contributed by atoms with Crippen LogP contribution in [0.4, 0.5) is 0 Å². The maximum absolute atomic E-state index is 12.5. The molecule has 106 valence electrons. The van der Waals surface area contributed by atoms with E-state index in [1.54, 1.807) is 58.2 Å². The number of hydrogen-bond acceptors (Lipinski definition) is 4. The van der Waals surface area contributed by atoms with Crippen LogP contribution in [0, 0.1) is 6.92 Å². The lowest BCUT2D eigenvalue weighted by atomic mass is 10.1. The molecule has 1 aromatic carbocycles. The summed E-state index contributed by atoms with van der Waals surface area (Å²) in [6, 6.07) is 8.66. The maximum Gasteiger partial charge on any atom is 0.183 e. The van der Waals surface area contributed by atoms with Gasteiger partial charge in [-0.05, 0) is 45.9 Å². The van der Waals surface area contributed by atoms with Crippen molar-refractivity contribution in [3.8, 4) is 11.3 Å². The molecule has 1 heterocycles. The van der Waals surface area contributed by atoms with Crippen LogP contribution in [0.3, 0.4) is 0 Å². The fourth-order valence-electron chi connectivity index (χ4n) is 1.79. The van der Waals surface area contributed by atoms with Crippen molar-refractivity contribution in [3.05, 3.63) is 42.4 Å². The van der Waals surface area contributed by atoms with Gasteiger partial charge < -0.3 is 0 Å². The van der Waals surface area contributed by atoms with Gasteiger partial charge >= 0.3 is 0 Å². The first-order valence-electron chi connectivity index (χ1n) is 6.36. The maximum atomic E-state index is 12.5. The van der Waals surface area contributed by atoms with Crippen LogP contribution in [-0.4, -0.2) is 23.1 Å². The summed E-state index contributed by atoms with van der Waals surface area (Å²) in [5, 5.41) is 0. The third-order valence-electron chi connectivity index (χ3n) is 3.02. The van der Waals surface area contributed by atoms with Gasteiger partial charge in [0.1, 0.15) is 5.82 Å². The van der Waals surface area contributed by atoms with Crippen molar-refractivity contribution >= 4 is 9.84 Å². The SMILES string of the molecule is Cc1nccc(-c2cccc(S(=O)(=O)C(C)(C)C)c2)n1. The molecule has 0 amide bonds. The Morgan fingerprint density at radius 1 is 1.10 bits per heavy atom. The summed E-state index contributed by atoms with van der Waals surface area (Å²) < 4.78 is 24.1. The van der Waals surface area contributed by atoms with Crippen molar-refractivity contribution in [1.82, 2.24) is 9.97 Å². The van der Waals surface area contributed by atoms with Gasteiger partial charge in [0.25, 0.3) is 0 Å². The van der Waals surface area contributed by atoms with Crippen LogP contribution in [0.5, 0.6) is 0 Å². The van der Waals surface area contributed by atoms with Crippen LogP contribution in [0.15, 0.2) is 41.4 Å². The number of rotatable bonds is 2. The number of aryl methyl sites for hydroxylation is 1. The van der Waals surface area contributed by atoms with Crippen molar-refractivity contribution in [2.45, 2.75) is 37.3 Å². The molecule has 0 saturated heterocycles. The molecule has 0 spiro atoms. The smallest absolute Gasteiger partial charge is 0.183 e. The lowest BCUT2D eigenvalue weighted by Crippen LogP contribution is -2.27. The lowest BCUT2D eigenvalue weighted by molar-refractivity contribution is 0.560. The molecule has 1 aromatic heterocycles. The molecule has 0 N–H and O–H groups in total. The normalized spacial score (nSPS) is 12.4. The predicted octanol–water partition coefficient (Wildman–Crippen LogP) is 3.02. The van der Waals surface area contributed by atoms with E-state index in [2.05, 4.69) is 9.97 Å². The zero-order valence-corrected chi connectivity index (χ0v) is 12.9. The largest absolute Gasteiger partial charge is 0.242 e. The topological polar surface area (TPSA) is 59.9 Å². The average Bonchev–Trinajstić information content (AvgIpc) is 2.37. The third kappa shape index (κ3) is 2.72. The van der Waals surface area contributed by atoms with Crippen LogP contribution in [-0.2, 0) is 9.84 Å². The summed E-state index contributed by atoms with van der Waals surface area (Å²) in [4.78, 5) is 8.69. The van der Waals surface area contributed by atoms with E-state index >= 15 is 0 Å². The summed E-state index contributed by atoms with van der Waals surface area (Å²) in [5.74, 6) is 0.659. The minimum absolute atomic E-state index is 0.318. The molecule has 5 heteroatoms. The number of aromatic nitrogens is 2. The van der Waals surface area contributed by atoms with E-state index in [9.17, 15) is 8.42 Å². The van der Waals surface area contributed by atoms with Gasteiger partial charge in [0.05, 0.1) is 15.3 Å². The second kappa shape index (κ2) is 4.98. The first kappa shape index (κ1) is 14.7. The molecule has 4 nitrogen and oxygen atoms in total. The van der Waals surface area contributed by atoms with Gasteiger partial charge in [-0.25, -0.2) is 18.4 Å². The van der Waals surface area contributed by atoms with Crippen LogP contribution in [0.25, 0.3) is 11.3 Å². The van der Waals surface area contributed by atoms with Crippen molar-refractivity contribution < 1.29 is 8.42 Å². The van der Waals surface area contributed by atoms with Crippen molar-refractivity contribution in [3.63, 3.8) is 0 Å². The Labute approximate surface area is 119 Å². The summed E-state index contributed by atoms with van der Waals surface area (Å²) in [6.07, 6.45) is 1.67. The molecule has 0 bridgehead atoms. The third-order valence-corrected chi connectivity index (χ3v) is 5.51. The molecular formula is C15H18N2O2S. The molecule has 0 aliphatic carbocycles. The quantitative estimate of drug-likeness (QED) is 0.853. The number of hydrogen-bond donors (Lipinski definition) is 0. The Hall–Kier alpha value is -1.75. The molecule has 0 radical (unpaired) electrons. The molecule has 2 aromatic rings. The van der Waals surface area contributed by atoms with E-state index < -0.39 is 14.6 Å². The predicted molar refractivity (Wildman–Crippen MR) is 79.1 cm³/mol. The average molecular weight is 290 g/mol. The highest BCUT2D eigenvalue weighted by atomic mass is 32.2. The highest BCUT2D eigenvalue weighted by Crippen LogP contribution is 2.27. The van der Waals surface area contributed by atoms with Gasteiger partial charge in [0, 0.05) is 11.8 Å². The van der Waals surface area contributed by atoms with E-state index in [-0.39, 0.29) is 0 Å². The summed E-state index contributed by atoms with van der Waals surface area (Å²) in [7, 11) is -3.36. The number of nitrogens with zero attached hydrogens (tertiary/aromatic N) is 2. The van der Waals surface area contributed by atoms with Crippen LogP contribution in [0.1, 0.15) is 26.6 Å². The molecular weight excluding hydrogens is 272 g/mol. The van der Waals surface area contributed by atoms with Gasteiger partial charge in [-0.2, -0.15) is 0 Å². The highest BCUT2D eigenvalue weighted by Gasteiger charge is 2.30. The Morgan fingerprint density at radius 2 is 1.80 bits per heavy atom. The minimum Gasteiger partial charge on any atom is -0.242 e. The van der Waals surface area contributed by atoms with E-state index in [0.717, 1.165) is 11.3 Å². The van der Waals surface area contributed by atoms with Gasteiger partial charge in [-0.1, -0.05) is 12.1 Å². The fourth-order valence-corrected chi connectivity index (χ4v) is 3.04. The van der Waals surface area contributed by atoms with Gasteiger partial charge in [-0.3, -0.25) is 0 Å². The summed E-state index contributed by atoms with van der Waals surface area (Å²) in [6.45, 7) is 6.90. The van der Waals surface area contributed by atoms with Gasteiger partial charge in [0.15, 0.2) is 9.84 Å². The number of benzene rings is 1. The Balaban J connectivity index is 2.55. The summed E-state index contributed by atoms with van der Waals surface area (Å²) in [5.41, 5.74) is 1.50. The molecule has 2 rings (SSSR count). The van der Waals surface area contributed by atoms with E-state index in [4.69, 9.17) is 0 Å². The number of sulfone groups is 1. The summed E-state index contributed by atoms with van der Waals surface area (Å²) >= 11 is 0. The minimum atomic E-state index is -3.36. The van der Waals surface area contributed by atoms with Gasteiger partial charge in [0.2, 0.25) is 0 Å². The van der Waals surface area contributed by atoms with Crippen molar-refractivity contribution in [2.24, 2.45) is 0 Å². The zero-order valence-electron chi connectivity index (χ0n) is 12.1. The molecule has 0 unspecified atom stereocenters. The van der Waals surface area contributed by atoms with E-state index in [0.29, 0.717) is 10.7 Å². The molecule has 0 atom stereocenters. The Morgan fingerprint density at radius 3 is 2.40 bits per heavy atom. The molecule has 0 saturated carbocycles. The van der Waals surface area contributed by atoms with Crippen LogP contribution in [0.2, 0.25) is 0 Å². The van der Waals surface area contributed by atoms with E-state index in [1.807, 2.05) is 6.07 Å². The molecule has 20 heavy (non-hydrogen) atoms. The van der Waals surface area contributed by atoms with Gasteiger partial charge in [-0.15, -0.1) is 0 Å². The standard InChI is InChI=1S/C15H18N2O2S/c1-11-16-9-8-14(17-11)12-6-5-7-13(10-12)20(18,19)15(2,3)4/h5-10H,1-4H3. The monoisotopic (exact) mass is 290 g/mol. The Kier molecular flexibility index (Phi) is 3.65. The fraction of sp³-hybridized carbons (Fsp3) is 0.333. The zero-order chi connectivity index (χ0) is 15.0. The first-order valence-corrected chi connectivity index (χ1v) is 7.85. The second-order valence-corrected chi connectivity index (χ2v) is 8.34. The van der Waals surface area contributed by atoms with Crippen LogP contribution >= 0.6 is 0 Å². The van der Waals surface area contributed by atoms with Crippen molar-refractivity contribution in [2.75, 3.05) is 0 Å². The first-order chi connectivity index (χ1) is 9.22. The van der Waals surface area contributed by atoms with E-state index in [1.165, 1.54) is 0 Å². The second-order valence-electron chi connectivity index (χ2n) is 5.63. The Bertz CT molecular complexity index is 732. The van der Waals surface area contributed by atoms with Crippen molar-refractivity contribution in [1.29, 1.82) is 0 Å². The molecule has 0 aliphatic heterocycles.